The summed E-state index contributed by atoms with van der Waals surface area (Å²) in [6, 6.07) is 7.61. The fourth-order valence-electron chi connectivity index (χ4n) is 3.33. The number of anilines is 1. The van der Waals surface area contributed by atoms with Crippen LogP contribution in [0.25, 0.3) is 0 Å². The predicted octanol–water partition coefficient (Wildman–Crippen LogP) is 2.30. The van der Waals surface area contributed by atoms with Crippen LogP contribution < -0.4 is 19.7 Å². The van der Waals surface area contributed by atoms with Crippen LogP contribution in [0.2, 0.25) is 0 Å². The summed E-state index contributed by atoms with van der Waals surface area (Å²) in [5.41, 5.74) is 0.816. The second-order valence-corrected chi connectivity index (χ2v) is 7.64. The van der Waals surface area contributed by atoms with Crippen molar-refractivity contribution in [2.45, 2.75) is 19.3 Å². The Kier molecular flexibility index (Phi) is 6.41. The van der Waals surface area contributed by atoms with Gasteiger partial charge in [0.25, 0.3) is 0 Å². The fraction of sp³-hybridized carbons (Fsp3) is 0.476. The molecule has 1 aromatic heterocycles. The highest BCUT2D eigenvalue weighted by Crippen LogP contribution is 2.32. The van der Waals surface area contributed by atoms with Gasteiger partial charge in [0.05, 0.1) is 14.2 Å². The Morgan fingerprint density at radius 1 is 1.07 bits per heavy atom. The smallest absolute Gasteiger partial charge is 0.317 e. The lowest BCUT2D eigenvalue weighted by Crippen LogP contribution is -2.53. The number of methoxy groups -OCH3 is 2. The number of piperazine rings is 1. The third kappa shape index (κ3) is 4.88. The maximum atomic E-state index is 12.7. The number of amides is 2. The topological polar surface area (TPSA) is 79.8 Å². The van der Waals surface area contributed by atoms with Crippen LogP contribution in [0.4, 0.5) is 10.7 Å². The number of aromatic nitrogens is 2. The Balaban J connectivity index is 1.55. The minimum Gasteiger partial charge on any atom is -0.493 e. The van der Waals surface area contributed by atoms with Crippen molar-refractivity contribution in [1.82, 2.24) is 20.2 Å². The van der Waals surface area contributed by atoms with Gasteiger partial charge in [0, 0.05) is 50.5 Å². The second-order valence-electron chi connectivity index (χ2n) is 7.64. The van der Waals surface area contributed by atoms with Crippen molar-refractivity contribution in [3.05, 3.63) is 42.2 Å². The predicted molar refractivity (Wildman–Crippen MR) is 112 cm³/mol. The van der Waals surface area contributed by atoms with Crippen molar-refractivity contribution in [3.63, 3.8) is 0 Å². The van der Waals surface area contributed by atoms with Gasteiger partial charge in [0.1, 0.15) is 0 Å². The number of carbonyl (C=O) groups excluding carboxylic acids is 1. The molecule has 0 unspecified atom stereocenters. The average Bonchev–Trinajstić information content (AvgIpc) is 2.77. The van der Waals surface area contributed by atoms with Crippen molar-refractivity contribution in [3.8, 4) is 11.5 Å². The molecule has 1 N–H and O–H groups in total. The van der Waals surface area contributed by atoms with Crippen LogP contribution >= 0.6 is 0 Å². The van der Waals surface area contributed by atoms with Gasteiger partial charge in [-0.2, -0.15) is 0 Å². The molecule has 2 aromatic rings. The van der Waals surface area contributed by atoms with E-state index in [-0.39, 0.29) is 11.4 Å². The molecule has 0 atom stereocenters. The van der Waals surface area contributed by atoms with Crippen LogP contribution in [-0.2, 0) is 5.41 Å². The molecule has 1 saturated heterocycles. The monoisotopic (exact) mass is 399 g/mol. The second kappa shape index (κ2) is 8.98. The highest BCUT2D eigenvalue weighted by Gasteiger charge is 2.26. The van der Waals surface area contributed by atoms with E-state index in [1.54, 1.807) is 32.7 Å². The van der Waals surface area contributed by atoms with Gasteiger partial charge in [-0.25, -0.2) is 14.8 Å². The van der Waals surface area contributed by atoms with E-state index >= 15 is 0 Å². The fourth-order valence-corrected chi connectivity index (χ4v) is 3.33. The molecule has 156 valence electrons. The lowest BCUT2D eigenvalue weighted by atomic mass is 9.84. The van der Waals surface area contributed by atoms with E-state index in [4.69, 9.17) is 9.47 Å². The minimum atomic E-state index is -0.255. The van der Waals surface area contributed by atoms with Gasteiger partial charge in [-0.1, -0.05) is 19.9 Å². The van der Waals surface area contributed by atoms with E-state index < -0.39 is 0 Å². The first kappa shape index (κ1) is 20.7. The summed E-state index contributed by atoms with van der Waals surface area (Å²) in [6.07, 6.45) is 3.47. The van der Waals surface area contributed by atoms with Crippen molar-refractivity contribution < 1.29 is 14.3 Å². The summed E-state index contributed by atoms with van der Waals surface area (Å²) in [6.45, 7) is 7.43. The van der Waals surface area contributed by atoms with Gasteiger partial charge >= 0.3 is 6.03 Å². The van der Waals surface area contributed by atoms with E-state index in [0.717, 1.165) is 18.7 Å². The zero-order valence-corrected chi connectivity index (χ0v) is 17.5. The Morgan fingerprint density at radius 3 is 2.34 bits per heavy atom. The summed E-state index contributed by atoms with van der Waals surface area (Å²) in [7, 11) is 3.24. The molecular weight excluding hydrogens is 370 g/mol. The molecule has 2 amide bonds. The largest absolute Gasteiger partial charge is 0.493 e. The number of rotatable bonds is 6. The van der Waals surface area contributed by atoms with Gasteiger partial charge < -0.3 is 24.6 Å². The lowest BCUT2D eigenvalue weighted by molar-refractivity contribution is 0.191. The van der Waals surface area contributed by atoms with Crippen LogP contribution in [0.15, 0.2) is 36.7 Å². The molecule has 1 aromatic carbocycles. The maximum absolute atomic E-state index is 12.7. The number of urea groups is 1. The number of benzene rings is 1. The number of nitrogens with zero attached hydrogens (tertiary/aromatic N) is 4. The van der Waals surface area contributed by atoms with Crippen LogP contribution in [0, 0.1) is 0 Å². The molecule has 1 aliphatic rings. The molecule has 0 radical (unpaired) electrons. The Labute approximate surface area is 171 Å². The van der Waals surface area contributed by atoms with E-state index in [2.05, 4.69) is 34.0 Å². The van der Waals surface area contributed by atoms with E-state index in [0.29, 0.717) is 37.1 Å². The average molecular weight is 399 g/mol. The summed E-state index contributed by atoms with van der Waals surface area (Å²) in [5.74, 6) is 2.09. The molecule has 0 saturated carbocycles. The zero-order chi connectivity index (χ0) is 20.9. The summed E-state index contributed by atoms with van der Waals surface area (Å²) < 4.78 is 10.7. The first-order valence-electron chi connectivity index (χ1n) is 9.72. The number of ether oxygens (including phenoxy) is 2. The van der Waals surface area contributed by atoms with E-state index in [1.807, 2.05) is 23.1 Å². The number of carbonyl (C=O) groups is 1. The Hall–Kier alpha value is -3.03. The Morgan fingerprint density at radius 2 is 1.72 bits per heavy atom. The summed E-state index contributed by atoms with van der Waals surface area (Å²) >= 11 is 0. The van der Waals surface area contributed by atoms with Crippen molar-refractivity contribution in [2.24, 2.45) is 0 Å². The molecule has 29 heavy (non-hydrogen) atoms. The quantitative estimate of drug-likeness (QED) is 0.803. The lowest BCUT2D eigenvalue weighted by Gasteiger charge is -2.35. The highest BCUT2D eigenvalue weighted by atomic mass is 16.5. The molecule has 0 bridgehead atoms. The molecule has 1 fully saturated rings. The van der Waals surface area contributed by atoms with Gasteiger partial charge in [0.15, 0.2) is 11.5 Å². The van der Waals surface area contributed by atoms with Crippen molar-refractivity contribution >= 4 is 12.0 Å². The first-order valence-corrected chi connectivity index (χ1v) is 9.72. The molecule has 8 heteroatoms. The highest BCUT2D eigenvalue weighted by molar-refractivity contribution is 5.74. The summed E-state index contributed by atoms with van der Waals surface area (Å²) in [5, 5.41) is 3.08. The zero-order valence-electron chi connectivity index (χ0n) is 17.5. The molecule has 3 rings (SSSR count). The maximum Gasteiger partial charge on any atom is 0.317 e. The van der Waals surface area contributed by atoms with E-state index in [9.17, 15) is 4.79 Å². The first-order chi connectivity index (χ1) is 13.9. The number of hydrogen-bond acceptors (Lipinski definition) is 6. The normalized spacial score (nSPS) is 14.5. The molecule has 2 heterocycles. The van der Waals surface area contributed by atoms with Gasteiger partial charge in [-0.15, -0.1) is 0 Å². The SMILES string of the molecule is COc1ccc(C(C)(C)CNC(=O)N2CCN(c3ncccn3)CC2)cc1OC. The van der Waals surface area contributed by atoms with Crippen LogP contribution in [0.3, 0.4) is 0 Å². The number of hydrogen-bond donors (Lipinski definition) is 1. The summed E-state index contributed by atoms with van der Waals surface area (Å²) in [4.78, 5) is 25.2. The minimum absolute atomic E-state index is 0.0489. The molecular formula is C21H29N5O3. The van der Waals surface area contributed by atoms with Crippen LogP contribution in [-0.4, -0.2) is 67.8 Å². The molecule has 8 nitrogen and oxygen atoms in total. The molecule has 1 aliphatic heterocycles. The Bertz CT molecular complexity index is 820. The molecule has 0 spiro atoms. The number of nitrogens with one attached hydrogen (secondary N) is 1. The van der Waals surface area contributed by atoms with Gasteiger partial charge in [-0.3, -0.25) is 0 Å². The standard InChI is InChI=1S/C21H29N5O3/c1-21(2,16-6-7-17(28-3)18(14-16)29-4)15-24-20(27)26-12-10-25(11-13-26)19-22-8-5-9-23-19/h5-9,14H,10-13,15H2,1-4H3,(H,24,27). The van der Waals surface area contributed by atoms with Gasteiger partial charge in [-0.05, 0) is 23.8 Å². The third-order valence-electron chi connectivity index (χ3n) is 5.25. The molecule has 0 aliphatic carbocycles. The third-order valence-corrected chi connectivity index (χ3v) is 5.25. The van der Waals surface area contributed by atoms with Crippen LogP contribution in [0.5, 0.6) is 11.5 Å². The van der Waals surface area contributed by atoms with Crippen molar-refractivity contribution in [2.75, 3.05) is 51.8 Å². The van der Waals surface area contributed by atoms with Gasteiger partial charge in [0.2, 0.25) is 5.95 Å². The van der Waals surface area contributed by atoms with E-state index in [1.165, 1.54) is 0 Å². The van der Waals surface area contributed by atoms with Crippen molar-refractivity contribution in [1.29, 1.82) is 0 Å². The van der Waals surface area contributed by atoms with Crippen LogP contribution in [0.1, 0.15) is 19.4 Å².